The number of carbonyl (C=O) groups excluding carboxylic acids is 2. The van der Waals surface area contributed by atoms with E-state index in [4.69, 9.17) is 11.5 Å². The molecule has 0 saturated heterocycles. The van der Waals surface area contributed by atoms with Crippen molar-refractivity contribution in [3.05, 3.63) is 48.6 Å². The first kappa shape index (κ1) is 17.9. The Hall–Kier alpha value is -2.10. The van der Waals surface area contributed by atoms with Gasteiger partial charge in [0.2, 0.25) is 11.8 Å². The highest BCUT2D eigenvalue weighted by atomic mass is 16.2. The van der Waals surface area contributed by atoms with E-state index in [1.54, 1.807) is 76.3 Å². The Balaban J connectivity index is 6.71. The molecule has 0 aliphatic rings. The fourth-order valence-electron chi connectivity index (χ4n) is 2.45. The summed E-state index contributed by atoms with van der Waals surface area (Å²) in [7, 11) is 0. The van der Waals surface area contributed by atoms with Crippen LogP contribution in [-0.2, 0) is 9.59 Å². The molecule has 0 fully saturated rings. The summed E-state index contributed by atoms with van der Waals surface area (Å²) in [6.07, 6.45) is 13.2. The maximum atomic E-state index is 12.1. The highest BCUT2D eigenvalue weighted by molar-refractivity contribution is 5.98. The minimum atomic E-state index is -1.33. The lowest BCUT2D eigenvalue weighted by Crippen LogP contribution is -2.53. The SMILES string of the molecule is C/C=C\C(/C=C\C)(C(N)=O)C(/C=C\C)(/C=C\C)C(N)=O. The number of hydrogen-bond acceptors (Lipinski definition) is 2. The van der Waals surface area contributed by atoms with Crippen molar-refractivity contribution in [3.8, 4) is 0 Å². The zero-order chi connectivity index (χ0) is 15.8. The molecule has 0 unspecified atom stereocenters. The second-order valence-corrected chi connectivity index (χ2v) is 4.47. The predicted molar refractivity (Wildman–Crippen MR) is 82.5 cm³/mol. The van der Waals surface area contributed by atoms with Gasteiger partial charge in [-0.2, -0.15) is 0 Å². The molecule has 110 valence electrons. The number of nitrogens with two attached hydrogens (primary N) is 2. The summed E-state index contributed by atoms with van der Waals surface area (Å²) in [5.74, 6) is -1.27. The van der Waals surface area contributed by atoms with Gasteiger partial charge in [-0.1, -0.05) is 48.6 Å². The number of primary amides is 2. The lowest BCUT2D eigenvalue weighted by atomic mass is 9.61. The van der Waals surface area contributed by atoms with Crippen LogP contribution >= 0.6 is 0 Å². The second-order valence-electron chi connectivity index (χ2n) is 4.47. The Morgan fingerprint density at radius 1 is 0.650 bits per heavy atom. The van der Waals surface area contributed by atoms with Crippen LogP contribution in [0.4, 0.5) is 0 Å². The van der Waals surface area contributed by atoms with Crippen LogP contribution < -0.4 is 11.5 Å². The van der Waals surface area contributed by atoms with Gasteiger partial charge >= 0.3 is 0 Å². The fourth-order valence-corrected chi connectivity index (χ4v) is 2.45. The number of allylic oxidation sites excluding steroid dienone is 4. The smallest absolute Gasteiger partial charge is 0.233 e. The van der Waals surface area contributed by atoms with Gasteiger partial charge in [0.15, 0.2) is 0 Å². The summed E-state index contributed by atoms with van der Waals surface area (Å²) in [5.41, 5.74) is 8.56. The third-order valence-corrected chi connectivity index (χ3v) is 3.22. The first-order valence-corrected chi connectivity index (χ1v) is 6.53. The van der Waals surface area contributed by atoms with E-state index in [2.05, 4.69) is 0 Å². The standard InChI is InChI=1S/C16H24N2O2/c1-5-9-15(10-6-2,13(17)19)16(11-7-3,12-8-4)14(18)20/h5-12H,1-4H3,(H2,17,19)(H2,18,20)/b9-5-,10-6-,11-7-,12-8-. The third-order valence-electron chi connectivity index (χ3n) is 3.22. The summed E-state index contributed by atoms with van der Waals surface area (Å²) in [6, 6.07) is 0. The van der Waals surface area contributed by atoms with E-state index in [0.717, 1.165) is 0 Å². The van der Waals surface area contributed by atoms with Gasteiger partial charge in [0.1, 0.15) is 10.8 Å². The van der Waals surface area contributed by atoms with E-state index in [1.807, 2.05) is 0 Å². The number of rotatable bonds is 7. The maximum absolute atomic E-state index is 12.1. The van der Waals surface area contributed by atoms with Crippen LogP contribution in [0.15, 0.2) is 48.6 Å². The lowest BCUT2D eigenvalue weighted by Gasteiger charge is -2.39. The summed E-state index contributed by atoms with van der Waals surface area (Å²) < 4.78 is 0. The normalized spacial score (nSPS) is 14.0. The van der Waals surface area contributed by atoms with E-state index >= 15 is 0 Å². The number of carbonyl (C=O) groups is 2. The van der Waals surface area contributed by atoms with Crippen LogP contribution in [0.3, 0.4) is 0 Å². The molecule has 20 heavy (non-hydrogen) atoms. The Kier molecular flexibility index (Phi) is 6.69. The predicted octanol–water partition coefficient (Wildman–Crippen LogP) is 2.23. The van der Waals surface area contributed by atoms with Gasteiger partial charge < -0.3 is 11.5 Å². The van der Waals surface area contributed by atoms with Crippen LogP contribution in [0.1, 0.15) is 27.7 Å². The molecule has 0 aliphatic carbocycles. The Morgan fingerprint density at radius 3 is 0.950 bits per heavy atom. The first-order chi connectivity index (χ1) is 9.38. The van der Waals surface area contributed by atoms with Crippen LogP contribution in [-0.4, -0.2) is 11.8 Å². The Bertz CT molecular complexity index is 403. The molecule has 0 aliphatic heterocycles. The highest BCUT2D eigenvalue weighted by Crippen LogP contribution is 2.45. The summed E-state index contributed by atoms with van der Waals surface area (Å²) in [6.45, 7) is 7.05. The molecule has 0 saturated carbocycles. The van der Waals surface area contributed by atoms with Crippen molar-refractivity contribution in [1.29, 1.82) is 0 Å². The minimum absolute atomic E-state index is 0.635. The molecule has 4 nitrogen and oxygen atoms in total. The zero-order valence-corrected chi connectivity index (χ0v) is 12.6. The summed E-state index contributed by atoms with van der Waals surface area (Å²) in [4.78, 5) is 24.3. The zero-order valence-electron chi connectivity index (χ0n) is 12.6. The van der Waals surface area contributed by atoms with Crippen molar-refractivity contribution in [2.45, 2.75) is 27.7 Å². The van der Waals surface area contributed by atoms with E-state index in [-0.39, 0.29) is 0 Å². The summed E-state index contributed by atoms with van der Waals surface area (Å²) in [5, 5.41) is 0. The second kappa shape index (κ2) is 7.48. The molecule has 4 N–H and O–H groups in total. The number of hydrogen-bond donors (Lipinski definition) is 2. The third kappa shape index (κ3) is 2.90. The van der Waals surface area contributed by atoms with Gasteiger partial charge in [-0.15, -0.1) is 0 Å². The molecule has 0 aromatic heterocycles. The Morgan fingerprint density at radius 2 is 0.850 bits per heavy atom. The van der Waals surface area contributed by atoms with E-state index in [9.17, 15) is 9.59 Å². The molecule has 2 amide bonds. The Labute approximate surface area is 120 Å². The summed E-state index contributed by atoms with van der Waals surface area (Å²) >= 11 is 0. The molecule has 0 bridgehead atoms. The van der Waals surface area contributed by atoms with E-state index in [0.29, 0.717) is 0 Å². The first-order valence-electron chi connectivity index (χ1n) is 6.53. The van der Waals surface area contributed by atoms with E-state index in [1.165, 1.54) is 0 Å². The molecule has 0 atom stereocenters. The molecule has 0 aromatic carbocycles. The van der Waals surface area contributed by atoms with Gasteiger partial charge in [0.25, 0.3) is 0 Å². The fraction of sp³-hybridized carbons (Fsp3) is 0.375. The van der Waals surface area contributed by atoms with Crippen LogP contribution in [0.5, 0.6) is 0 Å². The van der Waals surface area contributed by atoms with Gasteiger partial charge in [-0.05, 0) is 27.7 Å². The molecule has 0 rings (SSSR count). The molecule has 0 heterocycles. The minimum Gasteiger partial charge on any atom is -0.369 e. The van der Waals surface area contributed by atoms with E-state index < -0.39 is 22.6 Å². The van der Waals surface area contributed by atoms with Gasteiger partial charge in [0.05, 0.1) is 0 Å². The molecular weight excluding hydrogens is 252 g/mol. The molecule has 0 spiro atoms. The van der Waals surface area contributed by atoms with Crippen molar-refractivity contribution < 1.29 is 9.59 Å². The molecular formula is C16H24N2O2. The highest BCUT2D eigenvalue weighted by Gasteiger charge is 2.53. The molecule has 0 aromatic rings. The average molecular weight is 276 g/mol. The van der Waals surface area contributed by atoms with Crippen molar-refractivity contribution >= 4 is 11.8 Å². The largest absolute Gasteiger partial charge is 0.369 e. The average Bonchev–Trinajstić information content (AvgIpc) is 2.37. The van der Waals surface area contributed by atoms with Crippen molar-refractivity contribution in [2.75, 3.05) is 0 Å². The maximum Gasteiger partial charge on any atom is 0.233 e. The number of amides is 2. The van der Waals surface area contributed by atoms with Gasteiger partial charge in [-0.25, -0.2) is 0 Å². The molecule has 0 radical (unpaired) electrons. The quantitative estimate of drug-likeness (QED) is 0.699. The topological polar surface area (TPSA) is 86.2 Å². The van der Waals surface area contributed by atoms with Gasteiger partial charge in [0, 0.05) is 0 Å². The monoisotopic (exact) mass is 276 g/mol. The van der Waals surface area contributed by atoms with Crippen LogP contribution in [0.25, 0.3) is 0 Å². The molecule has 4 heteroatoms. The van der Waals surface area contributed by atoms with Crippen molar-refractivity contribution in [1.82, 2.24) is 0 Å². The van der Waals surface area contributed by atoms with Gasteiger partial charge in [-0.3, -0.25) is 9.59 Å². The lowest BCUT2D eigenvalue weighted by molar-refractivity contribution is -0.135. The van der Waals surface area contributed by atoms with Crippen molar-refractivity contribution in [3.63, 3.8) is 0 Å². The van der Waals surface area contributed by atoms with Crippen LogP contribution in [0.2, 0.25) is 0 Å². The van der Waals surface area contributed by atoms with Crippen LogP contribution in [0, 0.1) is 10.8 Å². The van der Waals surface area contributed by atoms with Crippen molar-refractivity contribution in [2.24, 2.45) is 22.3 Å².